The molecule has 1 N–H and O–H groups in total. The van der Waals surface area contributed by atoms with E-state index in [0.717, 1.165) is 0 Å². The molecule has 0 fully saturated rings. The normalized spacial score (nSPS) is 10.6. The van der Waals surface area contributed by atoms with E-state index < -0.39 is 23.1 Å². The maximum absolute atomic E-state index is 13.2. The van der Waals surface area contributed by atoms with Crippen molar-refractivity contribution < 1.29 is 23.9 Å². The maximum Gasteiger partial charge on any atom is 0.338 e. The predicted molar refractivity (Wildman–Crippen MR) is 133 cm³/mol. The third kappa shape index (κ3) is 5.15. The number of esters is 1. The number of anilines is 1. The van der Waals surface area contributed by atoms with Crippen molar-refractivity contribution in [1.29, 1.82) is 0 Å². The van der Waals surface area contributed by atoms with Crippen LogP contribution in [0.15, 0.2) is 78.0 Å². The van der Waals surface area contributed by atoms with Crippen molar-refractivity contribution in [2.75, 3.05) is 19.0 Å². The molecule has 0 unspecified atom stereocenters. The minimum atomic E-state index is -0.469. The number of amides is 1. The summed E-state index contributed by atoms with van der Waals surface area (Å²) >= 11 is 0. The summed E-state index contributed by atoms with van der Waals surface area (Å²) in [6, 6.07) is 14.2. The zero-order chi connectivity index (χ0) is 25.7. The van der Waals surface area contributed by atoms with Crippen molar-refractivity contribution in [2.45, 2.75) is 13.5 Å². The molecule has 2 heterocycles. The molecule has 0 saturated carbocycles. The molecular formula is C27H23N3O6. The number of fused-ring (bicyclic) bond motifs is 1. The van der Waals surface area contributed by atoms with Gasteiger partial charge >= 0.3 is 5.97 Å². The summed E-state index contributed by atoms with van der Waals surface area (Å²) in [6.45, 7) is 1.81. The molecule has 0 bridgehead atoms. The van der Waals surface area contributed by atoms with Crippen LogP contribution in [0.3, 0.4) is 0 Å². The van der Waals surface area contributed by atoms with Gasteiger partial charge in [-0.1, -0.05) is 0 Å². The first-order valence-corrected chi connectivity index (χ1v) is 11.1. The lowest BCUT2D eigenvalue weighted by molar-refractivity contribution is -0.116. The summed E-state index contributed by atoms with van der Waals surface area (Å²) in [5.41, 5.74) is 1.09. The monoisotopic (exact) mass is 485 g/mol. The molecule has 2 aromatic heterocycles. The lowest BCUT2D eigenvalue weighted by Gasteiger charge is -2.14. The first-order chi connectivity index (χ1) is 17.4. The molecule has 4 aromatic rings. The number of nitrogens with one attached hydrogen (secondary N) is 1. The highest BCUT2D eigenvalue weighted by Crippen LogP contribution is 2.21. The average molecular weight is 485 g/mol. The average Bonchev–Trinajstić information content (AvgIpc) is 2.90. The van der Waals surface area contributed by atoms with Crippen LogP contribution in [0.4, 0.5) is 5.69 Å². The van der Waals surface area contributed by atoms with Crippen molar-refractivity contribution >= 4 is 34.3 Å². The van der Waals surface area contributed by atoms with Crippen LogP contribution in [0, 0.1) is 0 Å². The van der Waals surface area contributed by atoms with Gasteiger partial charge in [-0.25, -0.2) is 4.79 Å². The molecule has 1 amide bonds. The minimum Gasteiger partial charge on any atom is -0.497 e. The molecule has 0 aliphatic rings. The number of methoxy groups -OCH3 is 1. The van der Waals surface area contributed by atoms with E-state index in [-0.39, 0.29) is 24.1 Å². The molecule has 9 heteroatoms. The van der Waals surface area contributed by atoms with Gasteiger partial charge in [0.2, 0.25) is 11.3 Å². The fraction of sp³-hybridized carbons (Fsp3) is 0.148. The second-order valence-corrected chi connectivity index (χ2v) is 7.79. The molecule has 0 spiro atoms. The highest BCUT2D eigenvalue weighted by atomic mass is 16.5. The van der Waals surface area contributed by atoms with E-state index in [1.165, 1.54) is 42.4 Å². The van der Waals surface area contributed by atoms with E-state index in [2.05, 4.69) is 10.3 Å². The number of ketones is 1. The van der Waals surface area contributed by atoms with Crippen molar-refractivity contribution in [2.24, 2.45) is 0 Å². The molecule has 0 radical (unpaired) electrons. The number of carbonyl (C=O) groups is 3. The van der Waals surface area contributed by atoms with Gasteiger partial charge in [-0.3, -0.25) is 19.4 Å². The van der Waals surface area contributed by atoms with Gasteiger partial charge in [0.25, 0.3) is 0 Å². The van der Waals surface area contributed by atoms with E-state index in [0.29, 0.717) is 28.1 Å². The van der Waals surface area contributed by atoms with Crippen LogP contribution in [0.5, 0.6) is 5.75 Å². The largest absolute Gasteiger partial charge is 0.497 e. The predicted octanol–water partition coefficient (Wildman–Crippen LogP) is 3.45. The van der Waals surface area contributed by atoms with Crippen molar-refractivity contribution in [3.8, 4) is 5.75 Å². The van der Waals surface area contributed by atoms with Gasteiger partial charge in [0.15, 0.2) is 5.78 Å². The van der Waals surface area contributed by atoms with Crippen LogP contribution in [0.2, 0.25) is 0 Å². The van der Waals surface area contributed by atoms with Crippen molar-refractivity contribution in [1.82, 2.24) is 9.55 Å². The van der Waals surface area contributed by atoms with Crippen LogP contribution in [0.25, 0.3) is 10.9 Å². The molecule has 2 aromatic carbocycles. The van der Waals surface area contributed by atoms with Gasteiger partial charge in [0, 0.05) is 41.3 Å². The Labute approximate surface area is 206 Å². The number of ether oxygens (including phenoxy) is 2. The summed E-state index contributed by atoms with van der Waals surface area (Å²) < 4.78 is 11.8. The third-order valence-corrected chi connectivity index (χ3v) is 5.47. The summed E-state index contributed by atoms with van der Waals surface area (Å²) in [5.74, 6) is -0.813. The Hall–Kier alpha value is -4.79. The summed E-state index contributed by atoms with van der Waals surface area (Å²) in [7, 11) is 1.50. The molecule has 182 valence electrons. The van der Waals surface area contributed by atoms with Crippen LogP contribution in [0.1, 0.15) is 33.2 Å². The van der Waals surface area contributed by atoms with E-state index >= 15 is 0 Å². The number of hydrogen-bond donors (Lipinski definition) is 1. The quantitative estimate of drug-likeness (QED) is 0.300. The van der Waals surface area contributed by atoms with Gasteiger partial charge in [-0.2, -0.15) is 0 Å². The number of benzene rings is 2. The lowest BCUT2D eigenvalue weighted by Crippen LogP contribution is -2.24. The number of pyridine rings is 2. The smallest absolute Gasteiger partial charge is 0.338 e. The fourth-order valence-electron chi connectivity index (χ4n) is 3.71. The topological polar surface area (TPSA) is 117 Å². The fourth-order valence-corrected chi connectivity index (χ4v) is 3.71. The number of hydrogen-bond acceptors (Lipinski definition) is 7. The van der Waals surface area contributed by atoms with Gasteiger partial charge < -0.3 is 19.4 Å². The Kier molecular flexibility index (Phi) is 7.20. The molecular weight excluding hydrogens is 462 g/mol. The number of aromatic nitrogens is 2. The van der Waals surface area contributed by atoms with E-state index in [1.807, 2.05) is 0 Å². The summed E-state index contributed by atoms with van der Waals surface area (Å²) in [6.07, 6.45) is 4.33. The minimum absolute atomic E-state index is 0.0644. The van der Waals surface area contributed by atoms with Crippen molar-refractivity contribution in [3.05, 3.63) is 100 Å². The zero-order valence-corrected chi connectivity index (χ0v) is 19.7. The maximum atomic E-state index is 13.2. The first kappa shape index (κ1) is 24.3. The summed E-state index contributed by atoms with van der Waals surface area (Å²) in [5, 5.41) is 3.04. The third-order valence-electron chi connectivity index (χ3n) is 5.47. The second kappa shape index (κ2) is 10.6. The number of rotatable bonds is 8. The Balaban J connectivity index is 1.67. The van der Waals surface area contributed by atoms with Gasteiger partial charge in [0.1, 0.15) is 12.3 Å². The Morgan fingerprint density at radius 2 is 1.69 bits per heavy atom. The summed E-state index contributed by atoms with van der Waals surface area (Å²) in [4.78, 5) is 54.9. The molecule has 0 aliphatic carbocycles. The lowest BCUT2D eigenvalue weighted by atomic mass is 10.0. The molecule has 0 saturated heterocycles. The highest BCUT2D eigenvalue weighted by Gasteiger charge is 2.19. The van der Waals surface area contributed by atoms with Crippen LogP contribution < -0.4 is 15.5 Å². The second-order valence-electron chi connectivity index (χ2n) is 7.79. The van der Waals surface area contributed by atoms with Gasteiger partial charge in [0.05, 0.1) is 30.4 Å². The van der Waals surface area contributed by atoms with E-state index in [4.69, 9.17) is 9.47 Å². The zero-order valence-electron chi connectivity index (χ0n) is 19.7. The van der Waals surface area contributed by atoms with E-state index in [9.17, 15) is 19.2 Å². The molecule has 0 aliphatic heterocycles. The molecule has 4 rings (SSSR count). The van der Waals surface area contributed by atoms with Gasteiger partial charge in [-0.15, -0.1) is 0 Å². The number of nitrogens with zero attached hydrogens (tertiary/aromatic N) is 2. The Morgan fingerprint density at radius 3 is 2.36 bits per heavy atom. The molecule has 0 atom stereocenters. The first-order valence-electron chi connectivity index (χ1n) is 11.1. The van der Waals surface area contributed by atoms with Crippen LogP contribution >= 0.6 is 0 Å². The standard InChI is InChI=1S/C27H23N3O6/c1-3-36-27(34)18-4-6-19(7-5-18)29-24(31)16-30-15-22(25(32)17-10-12-28-13-11-17)26(33)21-9-8-20(35-2)14-23(21)30/h4-15H,3,16H2,1-2H3,(H,29,31). The highest BCUT2D eigenvalue weighted by molar-refractivity contribution is 6.10. The van der Waals surface area contributed by atoms with Crippen LogP contribution in [-0.4, -0.2) is 40.9 Å². The van der Waals surface area contributed by atoms with Gasteiger partial charge in [-0.05, 0) is 55.5 Å². The Bertz CT molecular complexity index is 1490. The molecule has 9 nitrogen and oxygen atoms in total. The molecule has 36 heavy (non-hydrogen) atoms. The number of carbonyl (C=O) groups excluding carboxylic acids is 3. The van der Waals surface area contributed by atoms with Crippen LogP contribution in [-0.2, 0) is 16.1 Å². The Morgan fingerprint density at radius 1 is 0.972 bits per heavy atom. The SMILES string of the molecule is CCOC(=O)c1ccc(NC(=O)Cn2cc(C(=O)c3ccncc3)c(=O)c3ccc(OC)cc32)cc1. The van der Waals surface area contributed by atoms with Crippen molar-refractivity contribution in [3.63, 3.8) is 0 Å². The van der Waals surface area contributed by atoms with E-state index in [1.54, 1.807) is 49.4 Å².